The van der Waals surface area contributed by atoms with E-state index in [2.05, 4.69) is 85.6 Å². The summed E-state index contributed by atoms with van der Waals surface area (Å²) in [7, 11) is 7.15. The molecule has 2 aromatic heterocycles. The number of carboxylic acid groups (broad SMARTS) is 1. The summed E-state index contributed by atoms with van der Waals surface area (Å²) in [6.45, 7) is 36.5. The van der Waals surface area contributed by atoms with Gasteiger partial charge in [-0.15, -0.1) is 19.6 Å². The van der Waals surface area contributed by atoms with Crippen molar-refractivity contribution in [2.45, 2.75) is 214 Å². The van der Waals surface area contributed by atoms with Crippen molar-refractivity contribution in [3.05, 3.63) is 164 Å². The van der Waals surface area contributed by atoms with E-state index < -0.39 is 17.2 Å². The van der Waals surface area contributed by atoms with E-state index in [1.807, 2.05) is 132 Å². The number of hydrogen-bond donors (Lipinski definition) is 29. The largest absolute Gasteiger partial charge is 0.755 e. The van der Waals surface area contributed by atoms with Gasteiger partial charge in [0.25, 0.3) is 6.47 Å². The first-order valence-electron chi connectivity index (χ1n) is 46.9. The highest BCUT2D eigenvalue weighted by molar-refractivity contribution is 7.80. The maximum atomic E-state index is 10.2. The second-order valence-electron chi connectivity index (χ2n) is 29.5. The highest BCUT2D eigenvalue weighted by Crippen LogP contribution is 2.32. The molecule has 4 aliphatic rings. The normalized spacial score (nSPS) is 11.4. The van der Waals surface area contributed by atoms with Gasteiger partial charge in [0.15, 0.2) is 11.5 Å². The predicted octanol–water partition coefficient (Wildman–Crippen LogP) is 1.17. The van der Waals surface area contributed by atoms with Gasteiger partial charge in [-0.05, 0) is 268 Å². The van der Waals surface area contributed by atoms with Crippen LogP contribution in [-0.4, -0.2) is 261 Å². The Balaban J connectivity index is -0.0000000981. The van der Waals surface area contributed by atoms with Crippen LogP contribution in [0, 0.1) is 18.3 Å². The highest BCUT2D eigenvalue weighted by Gasteiger charge is 2.14. The van der Waals surface area contributed by atoms with E-state index in [9.17, 15) is 13.6 Å². The van der Waals surface area contributed by atoms with Gasteiger partial charge in [-0.1, -0.05) is 114 Å². The number of aliphatic hydroxyl groups excluding tert-OH is 1. The molecule has 42 nitrogen and oxygen atoms in total. The number of hydrogen-bond acceptors (Lipinski definition) is 39. The Hall–Kier alpha value is -7.69. The third kappa shape index (κ3) is 181. The fraction of sp³-hybridized carbons (Fsp3) is 0.642. The molecule has 0 radical (unpaired) electrons. The molecule has 0 bridgehead atoms. The van der Waals surface area contributed by atoms with Gasteiger partial charge in [0.1, 0.15) is 6.73 Å². The summed E-state index contributed by atoms with van der Waals surface area (Å²) >= 11 is -2.25. The third-order valence-corrected chi connectivity index (χ3v) is 15.1. The molecule has 0 amide bonds. The van der Waals surface area contributed by atoms with E-state index in [0.29, 0.717) is 114 Å². The lowest BCUT2D eigenvalue weighted by Gasteiger charge is -2.18. The summed E-state index contributed by atoms with van der Waals surface area (Å²) in [5, 5.41) is 15.3. The Morgan fingerprint density at radius 3 is 1.23 bits per heavy atom. The van der Waals surface area contributed by atoms with Crippen molar-refractivity contribution >= 4 is 29.4 Å². The number of nitrogens with one attached hydrogen (secondary N) is 1. The van der Waals surface area contributed by atoms with Gasteiger partial charge in [-0.25, -0.2) is 4.98 Å². The Bertz CT molecular complexity index is 3000. The van der Waals surface area contributed by atoms with Crippen molar-refractivity contribution in [3.8, 4) is 23.8 Å². The van der Waals surface area contributed by atoms with Gasteiger partial charge in [-0.3, -0.25) is 24.5 Å². The molecule has 55 N–H and O–H groups in total. The van der Waals surface area contributed by atoms with Crippen LogP contribution in [0.5, 0.6) is 11.5 Å². The summed E-state index contributed by atoms with van der Waals surface area (Å²) in [4.78, 5) is 28.1. The molecule has 3 heterocycles. The number of terminal acetylenes is 1. The van der Waals surface area contributed by atoms with Gasteiger partial charge in [0.2, 0.25) is 6.79 Å². The zero-order chi connectivity index (χ0) is 109. The monoisotopic (exact) mass is 1990 g/mol. The van der Waals surface area contributed by atoms with Gasteiger partial charge in [-0.2, -0.15) is 0 Å². The topological polar surface area (TPSA) is 883 Å². The Labute approximate surface area is 837 Å². The lowest BCUT2D eigenvalue weighted by molar-refractivity contribution is -0.135. The van der Waals surface area contributed by atoms with Crippen LogP contribution in [-0.2, 0) is 61.1 Å². The second kappa shape index (κ2) is 147. The third-order valence-electron chi connectivity index (χ3n) is 14.7. The van der Waals surface area contributed by atoms with Crippen LogP contribution in [0.25, 0.3) is 0 Å². The maximum Gasteiger partial charge on any atom is 0.317 e. The molecule has 3 aliphatic carbocycles. The molecule has 1 unspecified atom stereocenters. The summed E-state index contributed by atoms with van der Waals surface area (Å²) in [5.74, 6) is 3.51. The average molecular weight is 1990 g/mol. The molecule has 0 spiro atoms. The van der Waals surface area contributed by atoms with Gasteiger partial charge >= 0.3 is 5.97 Å². The molecule has 2 atom stereocenters. The number of rotatable bonds is 33. The minimum absolute atomic E-state index is 0.0243. The second-order valence-corrected chi connectivity index (χ2v) is 30.2. The number of methoxy groups -OCH3 is 1. The SMILES string of the molecule is C#CCN.C=CCN.C=CCN.CC(C)CN.CC(C)N.CC(C)OCCCN.CN.CN(C)CCN.COCCN.C[C@@H](N)c1ccccc1.NC1CC1.NC1CCC1.NC1CCCC1.NCC(=O)O.NCCCCN.NCCCCN.NCCCN.NCCCn1ccnc1.NCCO.NCCc1ccc(NS(=O)[O-])cc1.NCOC=O.NCc1ccc2c(c1)OCO2.NCc1ccncc1. The van der Waals surface area contributed by atoms with Crippen molar-refractivity contribution in [1.29, 1.82) is 0 Å². The molecule has 138 heavy (non-hydrogen) atoms. The van der Waals surface area contributed by atoms with Gasteiger partial charge < -0.3 is 196 Å². The zero-order valence-electron chi connectivity index (χ0n) is 86.9. The van der Waals surface area contributed by atoms with Crippen LogP contribution < -0.4 is 163 Å². The first kappa shape index (κ1) is 161. The number of unbranched alkanes of at least 4 members (excludes halogenated alkanes) is 2. The number of fused-ring (bicyclic) bond motifs is 1. The van der Waals surface area contributed by atoms with Gasteiger partial charge in [0.05, 0.1) is 38.7 Å². The van der Waals surface area contributed by atoms with Crippen LogP contribution in [0.3, 0.4) is 0 Å². The minimum Gasteiger partial charge on any atom is -0.755 e. The van der Waals surface area contributed by atoms with E-state index in [1.54, 1.807) is 56.3 Å². The number of pyridine rings is 1. The first-order valence-corrected chi connectivity index (χ1v) is 48.0. The van der Waals surface area contributed by atoms with Crippen molar-refractivity contribution in [1.82, 2.24) is 19.4 Å². The zero-order valence-corrected chi connectivity index (χ0v) is 87.7. The number of imidazole rings is 1. The number of benzene rings is 3. The van der Waals surface area contributed by atoms with Crippen LogP contribution in [0.1, 0.15) is 179 Å². The molecule has 9 rings (SSSR count). The number of likely N-dealkylation sites (N-methyl/N-ethyl adjacent to an activating group) is 1. The Kier molecular flexibility index (Phi) is 172. The standard InChI is InChI=1S/C8H12N2O2S.C8H9NO2.C8H11N.C6H11N3.C6H8N2.C6H15NO.C5H11N.3C4H12N2.C4H9N.C4H11N.C3H10N2.C3H9NO.C3H7N.C3H9N.2C3H7N.C3H5N.2C2H5NO2.C2H7NO.CH5N/c9-6-5-7-1-3-8(4-2-7)10-13(11)12;9-4-6-1-2-7-8(3-6)11-5-10-7;1-7(9)8-5-3-2-4-6-8;7-2-1-4-9-5-3-8-6-9;7-5-6-1-3-8-4-2-6;1-6(2)8-5-3-4-7;6-5-3-1-2-4-5;1-6(2)4-3-5;2*5-3-1-2-4-6;5-4-2-1-3-4;1-4(2)3-5;4-2-1-3-5;1-5-3-2-4;4-3-1-2-3;1-3(2)4;3*1-2-3-4;3-1-5-2-4;3-1-2(4)5;3-1-2-4;1-2/h1-4,10H,5-6,9H2,(H,11,12);1-3H,4-5,9H2;2-7H,9H2,1H3;3,5-6H,1-2,4,7H2;1-4H,5,7H2;6H,3-5,7H2,1-2H3;5H,1-4,6H2;3-5H2,1-2H3;2*1-6H2;4H,1-3,5H2;4H,3,5H2,1-2H3;1-5H2;2-4H2,1H3;3H,1-2,4H2;3H,4H2,1-2H3;2*2H,1,3-4H2;1H,3-4H2;2H,1,3H2;1,3H2,(H,4,5);4H,1-3H2;2H2,1H3/p-1/t;;7-;;;;;;;;;;;;;;;;;;;;/m..1..................../s1. The van der Waals surface area contributed by atoms with Gasteiger partial charge in [0, 0.05) is 139 Å². The molecule has 0 saturated heterocycles. The number of carbonyl (C=O) groups excluding carboxylic acids is 1. The summed E-state index contributed by atoms with van der Waals surface area (Å²) in [5.41, 5.74) is 138. The highest BCUT2D eigenvalue weighted by atomic mass is 32.2. The fourth-order valence-electron chi connectivity index (χ4n) is 7.04. The minimum atomic E-state index is -2.25. The number of aliphatic hydroxyl groups is 1. The van der Waals surface area contributed by atoms with Crippen LogP contribution in [0.15, 0.2) is 141 Å². The molecule has 1 aliphatic heterocycles. The lowest BCUT2D eigenvalue weighted by Crippen LogP contribution is -2.27. The van der Waals surface area contributed by atoms with E-state index >= 15 is 0 Å². The fourth-order valence-corrected chi connectivity index (χ4v) is 7.37. The molecule has 816 valence electrons. The summed E-state index contributed by atoms with van der Waals surface area (Å²) < 4.78 is 48.8. The molecule has 3 aromatic carbocycles. The Morgan fingerprint density at radius 2 is 1.01 bits per heavy atom. The molecule has 43 heteroatoms. The smallest absolute Gasteiger partial charge is 0.317 e. The number of carbonyl (C=O) groups is 2. The van der Waals surface area contributed by atoms with Crippen LogP contribution >= 0.6 is 0 Å². The van der Waals surface area contributed by atoms with E-state index in [4.69, 9.17) is 161 Å². The number of aliphatic carboxylic acids is 1. The number of ether oxygens (including phenoxy) is 5. The summed E-state index contributed by atoms with van der Waals surface area (Å²) in [6.07, 6.45) is 37.0. The number of carboxylic acids is 1. The summed E-state index contributed by atoms with van der Waals surface area (Å²) in [6, 6.07) is 28.9. The maximum absolute atomic E-state index is 10.2. The van der Waals surface area contributed by atoms with E-state index in [0.717, 1.165) is 165 Å². The van der Waals surface area contributed by atoms with Crippen molar-refractivity contribution < 1.29 is 52.2 Å². The molecular weight excluding hydrogens is 1780 g/mol. The molecule has 3 fully saturated rings. The van der Waals surface area contributed by atoms with Crippen molar-refractivity contribution in [2.75, 3.05) is 184 Å². The average Bonchev–Trinajstić information content (AvgIpc) is 1.72. The predicted molar refractivity (Wildman–Crippen MR) is 584 cm³/mol. The number of nitrogens with two attached hydrogens (primary N) is 26. The van der Waals surface area contributed by atoms with E-state index in [1.165, 1.54) is 70.4 Å². The molecule has 5 aromatic rings. The molecule has 3 saturated carbocycles. The number of aryl methyl sites for hydroxylation is 1. The number of aromatic nitrogens is 3. The number of anilines is 1. The van der Waals surface area contributed by atoms with Crippen molar-refractivity contribution in [2.24, 2.45) is 155 Å². The lowest BCUT2D eigenvalue weighted by atomic mass is 9.95. The quantitative estimate of drug-likeness (QED) is 0.00700. The van der Waals surface area contributed by atoms with Crippen LogP contribution in [0.4, 0.5) is 5.69 Å². The van der Waals surface area contributed by atoms with Crippen molar-refractivity contribution in [3.63, 3.8) is 0 Å². The Morgan fingerprint density at radius 1 is 0.594 bits per heavy atom. The molecular formula is C95H208N31O11S-. The number of nitrogens with zero attached hydrogens (tertiary/aromatic N) is 4. The van der Waals surface area contributed by atoms with E-state index in [-0.39, 0.29) is 25.9 Å². The van der Waals surface area contributed by atoms with Crippen LogP contribution in [0.2, 0.25) is 0 Å². The first-order chi connectivity index (χ1) is 66.0.